The van der Waals surface area contributed by atoms with Crippen molar-refractivity contribution in [1.29, 1.82) is 0 Å². The van der Waals surface area contributed by atoms with E-state index in [1.165, 1.54) is 43.6 Å². The number of likely N-dealkylation sites (tertiary alicyclic amines) is 1. The molecule has 0 amide bonds. The Kier molecular flexibility index (Phi) is 6.51. The molecule has 4 heterocycles. The first kappa shape index (κ1) is 19.1. The minimum atomic E-state index is 0.320. The minimum Gasteiger partial charge on any atom is -0.441 e. The quantitative estimate of drug-likeness (QED) is 0.629. The molecule has 0 bridgehead atoms. The second-order valence-corrected chi connectivity index (χ2v) is 7.65. The smallest absolute Gasteiger partial charge is 0.199 e. The number of halogens is 1. The predicted molar refractivity (Wildman–Crippen MR) is 110 cm³/mol. The van der Waals surface area contributed by atoms with E-state index in [2.05, 4.69) is 20.9 Å². The molecule has 1 saturated heterocycles. The van der Waals surface area contributed by atoms with Crippen LogP contribution in [0.2, 0.25) is 5.22 Å². The van der Waals surface area contributed by atoms with Crippen LogP contribution in [0.15, 0.2) is 22.6 Å². The molecule has 2 N–H and O–H groups in total. The highest BCUT2D eigenvalue weighted by Gasteiger charge is 2.16. The fourth-order valence-electron chi connectivity index (χ4n) is 3.13. The van der Waals surface area contributed by atoms with Gasteiger partial charge in [0.05, 0.1) is 5.39 Å². The molecule has 1 aliphatic heterocycles. The molecule has 0 spiro atoms. The van der Waals surface area contributed by atoms with E-state index >= 15 is 0 Å². The van der Waals surface area contributed by atoms with Gasteiger partial charge in [0, 0.05) is 11.4 Å². The lowest BCUT2D eigenvalue weighted by Gasteiger charge is -2.18. The van der Waals surface area contributed by atoms with E-state index in [-0.39, 0.29) is 0 Å². The first-order valence-electron chi connectivity index (χ1n) is 9.23. The van der Waals surface area contributed by atoms with Crippen LogP contribution in [0.3, 0.4) is 0 Å². The van der Waals surface area contributed by atoms with Crippen LogP contribution in [0, 0.1) is 0 Å². The second-order valence-electron chi connectivity index (χ2n) is 6.16. The summed E-state index contributed by atoms with van der Waals surface area (Å²) < 4.78 is 5.40. The SMILES string of the molecule is CC.Nc1nc(-c2ccc(Cl)o2)nc2sc(CN3CCCCCC3)cc12. The van der Waals surface area contributed by atoms with Gasteiger partial charge < -0.3 is 10.2 Å². The maximum atomic E-state index is 6.14. The normalized spacial score (nSPS) is 15.5. The van der Waals surface area contributed by atoms with Crippen LogP contribution in [-0.2, 0) is 6.54 Å². The lowest BCUT2D eigenvalue weighted by Crippen LogP contribution is -2.23. The van der Waals surface area contributed by atoms with Gasteiger partial charge in [-0.1, -0.05) is 26.7 Å². The van der Waals surface area contributed by atoms with Crippen molar-refractivity contribution in [1.82, 2.24) is 14.9 Å². The van der Waals surface area contributed by atoms with Crippen molar-refractivity contribution in [2.24, 2.45) is 0 Å². The molecule has 0 atom stereocenters. The van der Waals surface area contributed by atoms with Crippen LogP contribution in [0.1, 0.15) is 44.4 Å². The number of aromatic nitrogens is 2. The summed E-state index contributed by atoms with van der Waals surface area (Å²) >= 11 is 7.52. The van der Waals surface area contributed by atoms with Gasteiger partial charge in [0.1, 0.15) is 10.6 Å². The molecule has 0 aromatic carbocycles. The zero-order valence-electron chi connectivity index (χ0n) is 15.3. The van der Waals surface area contributed by atoms with Crippen molar-refractivity contribution >= 4 is 39.0 Å². The molecule has 1 aliphatic rings. The van der Waals surface area contributed by atoms with Gasteiger partial charge in [0.2, 0.25) is 0 Å². The fraction of sp³-hybridized carbons (Fsp3) is 0.474. The highest BCUT2D eigenvalue weighted by Crippen LogP contribution is 2.32. The third-order valence-corrected chi connectivity index (χ3v) is 5.56. The first-order valence-corrected chi connectivity index (χ1v) is 10.4. The van der Waals surface area contributed by atoms with Crippen LogP contribution in [-0.4, -0.2) is 28.0 Å². The predicted octanol–water partition coefficient (Wildman–Crippen LogP) is 5.59. The maximum Gasteiger partial charge on any atom is 0.199 e. The molecular formula is C19H25ClN4OS. The van der Waals surface area contributed by atoms with E-state index in [0.717, 1.165) is 16.8 Å². The van der Waals surface area contributed by atoms with E-state index in [9.17, 15) is 0 Å². The Morgan fingerprint density at radius 1 is 1.15 bits per heavy atom. The summed E-state index contributed by atoms with van der Waals surface area (Å²) in [4.78, 5) is 13.7. The summed E-state index contributed by atoms with van der Waals surface area (Å²) in [6.45, 7) is 7.31. The highest BCUT2D eigenvalue weighted by atomic mass is 35.5. The number of nitrogens with zero attached hydrogens (tertiary/aromatic N) is 3. The number of rotatable bonds is 3. The topological polar surface area (TPSA) is 68.2 Å². The van der Waals surface area contributed by atoms with Crippen molar-refractivity contribution < 1.29 is 4.42 Å². The van der Waals surface area contributed by atoms with Gasteiger partial charge in [-0.3, -0.25) is 4.90 Å². The summed E-state index contributed by atoms with van der Waals surface area (Å²) in [5, 5.41) is 1.24. The van der Waals surface area contributed by atoms with Crippen molar-refractivity contribution in [3.05, 3.63) is 28.3 Å². The summed E-state index contributed by atoms with van der Waals surface area (Å²) in [6, 6.07) is 5.56. The van der Waals surface area contributed by atoms with Gasteiger partial charge in [-0.25, -0.2) is 9.97 Å². The molecule has 3 aromatic rings. The fourth-order valence-corrected chi connectivity index (χ4v) is 4.35. The van der Waals surface area contributed by atoms with Crippen LogP contribution >= 0.6 is 22.9 Å². The number of fused-ring (bicyclic) bond motifs is 1. The Bertz CT molecular complexity index is 852. The molecule has 1 fully saturated rings. The van der Waals surface area contributed by atoms with Gasteiger partial charge in [0.15, 0.2) is 16.8 Å². The van der Waals surface area contributed by atoms with Gasteiger partial charge in [-0.15, -0.1) is 11.3 Å². The lowest BCUT2D eigenvalue weighted by atomic mass is 10.2. The maximum absolute atomic E-state index is 6.14. The van der Waals surface area contributed by atoms with E-state index in [0.29, 0.717) is 22.6 Å². The Hall–Kier alpha value is -1.63. The number of hydrogen-bond donors (Lipinski definition) is 1. The van der Waals surface area contributed by atoms with E-state index in [1.807, 2.05) is 13.8 Å². The minimum absolute atomic E-state index is 0.320. The lowest BCUT2D eigenvalue weighted by molar-refractivity contribution is 0.279. The molecule has 0 aliphatic carbocycles. The highest BCUT2D eigenvalue weighted by molar-refractivity contribution is 7.18. The van der Waals surface area contributed by atoms with Crippen molar-refractivity contribution in [2.75, 3.05) is 18.8 Å². The third kappa shape index (κ3) is 4.37. The summed E-state index contributed by atoms with van der Waals surface area (Å²) in [6.07, 6.45) is 5.26. The van der Waals surface area contributed by atoms with Gasteiger partial charge in [0.25, 0.3) is 0 Å². The summed E-state index contributed by atoms with van der Waals surface area (Å²) in [5.74, 6) is 1.51. The Morgan fingerprint density at radius 3 is 2.54 bits per heavy atom. The number of nitrogens with two attached hydrogens (primary N) is 1. The van der Waals surface area contributed by atoms with Crippen LogP contribution in [0.25, 0.3) is 21.8 Å². The van der Waals surface area contributed by atoms with Crippen molar-refractivity contribution in [3.63, 3.8) is 0 Å². The third-order valence-electron chi connectivity index (χ3n) is 4.34. The van der Waals surface area contributed by atoms with Gasteiger partial charge >= 0.3 is 0 Å². The Balaban J connectivity index is 0.000000948. The number of thiophene rings is 1. The Labute approximate surface area is 163 Å². The van der Waals surface area contributed by atoms with Crippen molar-refractivity contribution in [3.8, 4) is 11.6 Å². The molecule has 7 heteroatoms. The van der Waals surface area contributed by atoms with Crippen molar-refractivity contribution in [2.45, 2.75) is 46.1 Å². The molecular weight excluding hydrogens is 368 g/mol. The van der Waals surface area contributed by atoms with Gasteiger partial charge in [-0.05, 0) is 55.7 Å². The van der Waals surface area contributed by atoms with Crippen LogP contribution in [0.5, 0.6) is 0 Å². The molecule has 0 unspecified atom stereocenters. The standard InChI is InChI=1S/C17H19ClN4OS.C2H6/c18-14-6-5-13(23-14)16-20-15(19)12-9-11(24-17(12)21-16)10-22-7-3-1-2-4-8-22;1-2/h5-6,9H,1-4,7-8,10H2,(H2,19,20,21);1-2H3. The zero-order chi connectivity index (χ0) is 18.5. The Morgan fingerprint density at radius 2 is 1.88 bits per heavy atom. The molecule has 0 saturated carbocycles. The van der Waals surface area contributed by atoms with E-state index in [1.54, 1.807) is 23.5 Å². The monoisotopic (exact) mass is 392 g/mol. The number of anilines is 1. The van der Waals surface area contributed by atoms with Crippen LogP contribution in [0.4, 0.5) is 5.82 Å². The molecule has 3 aromatic heterocycles. The van der Waals surface area contributed by atoms with E-state index in [4.69, 9.17) is 21.8 Å². The van der Waals surface area contributed by atoms with E-state index < -0.39 is 0 Å². The average molecular weight is 393 g/mol. The largest absolute Gasteiger partial charge is 0.441 e. The summed E-state index contributed by atoms with van der Waals surface area (Å²) in [5.41, 5.74) is 6.14. The zero-order valence-corrected chi connectivity index (χ0v) is 16.9. The molecule has 26 heavy (non-hydrogen) atoms. The number of hydrogen-bond acceptors (Lipinski definition) is 6. The second kappa shape index (κ2) is 8.84. The molecule has 0 radical (unpaired) electrons. The average Bonchev–Trinajstić information content (AvgIpc) is 3.16. The molecule has 4 rings (SSSR count). The molecule has 140 valence electrons. The number of furan rings is 1. The van der Waals surface area contributed by atoms with Gasteiger partial charge in [-0.2, -0.15) is 0 Å². The molecule has 5 nitrogen and oxygen atoms in total. The number of nitrogen functional groups attached to an aromatic ring is 1. The summed E-state index contributed by atoms with van der Waals surface area (Å²) in [7, 11) is 0. The van der Waals surface area contributed by atoms with Crippen LogP contribution < -0.4 is 5.73 Å². The first-order chi connectivity index (χ1) is 12.7.